The van der Waals surface area contributed by atoms with Crippen molar-refractivity contribution in [2.75, 3.05) is 5.32 Å². The molecule has 2 nitrogen and oxygen atoms in total. The predicted octanol–water partition coefficient (Wildman–Crippen LogP) is 1.28. The van der Waals surface area contributed by atoms with E-state index in [2.05, 4.69) is 16.5 Å². The monoisotopic (exact) mass is 117 g/mol. The number of hydrogen-bond donors (Lipinski definition) is 1. The molecule has 0 atom stereocenters. The quantitative estimate of drug-likeness (QED) is 0.518. The Hall–Kier alpha value is -1.40. The van der Waals surface area contributed by atoms with E-state index in [1.165, 1.54) is 0 Å². The minimum Gasteiger partial charge on any atom is -0.181 e. The summed E-state index contributed by atoms with van der Waals surface area (Å²) >= 11 is 0. The molecule has 2 rings (SSSR count). The van der Waals surface area contributed by atoms with Crippen molar-refractivity contribution in [1.29, 1.82) is 0 Å². The fraction of sp³-hybridized carbons (Fsp3) is 0. The molecule has 0 amide bonds. The maximum Gasteiger partial charge on any atom is 0.293 e. The fourth-order valence-corrected chi connectivity index (χ4v) is 0.821. The van der Waals surface area contributed by atoms with Gasteiger partial charge in [0.15, 0.2) is 5.56 Å². The Bertz CT molecular complexity index is 253. The molecular weight excluding hydrogens is 112 g/mol. The summed E-state index contributed by atoms with van der Waals surface area (Å²) in [5, 5.41) is 2.88. The number of rotatable bonds is 0. The largest absolute Gasteiger partial charge is 0.293 e. The topological polar surface area (TPSA) is 24.9 Å². The molecule has 2 heterocycles. The Morgan fingerprint density at radius 2 is 2.56 bits per heavy atom. The van der Waals surface area contributed by atoms with Crippen LogP contribution in [0.25, 0.3) is 6.08 Å². The van der Waals surface area contributed by atoms with Gasteiger partial charge in [0, 0.05) is 12.3 Å². The van der Waals surface area contributed by atoms with Crippen molar-refractivity contribution >= 4 is 11.9 Å². The Morgan fingerprint density at radius 3 is 3.44 bits per heavy atom. The third-order valence-corrected chi connectivity index (χ3v) is 1.26. The van der Waals surface area contributed by atoms with Crippen LogP contribution < -0.4 is 5.32 Å². The summed E-state index contributed by atoms with van der Waals surface area (Å²) < 4.78 is 0. The lowest BCUT2D eigenvalue weighted by atomic mass is 10.3. The predicted molar refractivity (Wildman–Crippen MR) is 35.6 cm³/mol. The van der Waals surface area contributed by atoms with E-state index in [0.717, 1.165) is 11.4 Å². The van der Waals surface area contributed by atoms with Gasteiger partial charge in [-0.25, -0.2) is 0 Å². The average molecular weight is 117 g/mol. The Balaban J connectivity index is 2.63. The molecule has 1 aliphatic rings. The molecule has 0 unspecified atom stereocenters. The average Bonchev–Trinajstić information content (AvgIpc) is 2.33. The molecule has 0 saturated carbocycles. The minimum absolute atomic E-state index is 0.900. The fourth-order valence-electron chi connectivity index (χ4n) is 0.821. The number of aromatic nitrogens is 1. The van der Waals surface area contributed by atoms with E-state index in [9.17, 15) is 0 Å². The van der Waals surface area contributed by atoms with Crippen molar-refractivity contribution in [2.45, 2.75) is 0 Å². The molecule has 2 heteroatoms. The molecular formula is C7H5N2+. The van der Waals surface area contributed by atoms with Crippen LogP contribution in [0.4, 0.5) is 5.82 Å². The van der Waals surface area contributed by atoms with Gasteiger partial charge in [-0.2, -0.15) is 10.3 Å². The molecule has 1 aliphatic heterocycles. The maximum atomic E-state index is 4.05. The molecule has 1 N–H and O–H groups in total. The van der Waals surface area contributed by atoms with Gasteiger partial charge in [0.2, 0.25) is 0 Å². The van der Waals surface area contributed by atoms with Crippen molar-refractivity contribution in [3.8, 4) is 0 Å². The van der Waals surface area contributed by atoms with Crippen molar-refractivity contribution in [1.82, 2.24) is 4.98 Å². The number of pyridine rings is 1. The van der Waals surface area contributed by atoms with E-state index in [0.29, 0.717) is 0 Å². The molecule has 9 heavy (non-hydrogen) atoms. The third-order valence-electron chi connectivity index (χ3n) is 1.26. The zero-order valence-electron chi connectivity index (χ0n) is 4.76. The SMILES string of the molecule is [C+]1=Cc2cccnc2N1. The van der Waals surface area contributed by atoms with Gasteiger partial charge >= 0.3 is 0 Å². The van der Waals surface area contributed by atoms with Crippen LogP contribution in [0.5, 0.6) is 0 Å². The first kappa shape index (κ1) is 4.48. The van der Waals surface area contributed by atoms with Gasteiger partial charge in [-0.1, -0.05) is 0 Å². The van der Waals surface area contributed by atoms with Crippen molar-refractivity contribution in [2.24, 2.45) is 0 Å². The standard InChI is InChI=1S/C7H5N2/c1-2-6-3-5-9-7(6)8-4-1/h1-4H,(H,8,9)/q+1. The second-order valence-corrected chi connectivity index (χ2v) is 1.85. The first-order chi connectivity index (χ1) is 4.47. The van der Waals surface area contributed by atoms with Gasteiger partial charge in [0.05, 0.1) is 0 Å². The van der Waals surface area contributed by atoms with E-state index in [-0.39, 0.29) is 0 Å². The summed E-state index contributed by atoms with van der Waals surface area (Å²) in [4.78, 5) is 4.05. The highest BCUT2D eigenvalue weighted by Gasteiger charge is 2.15. The molecule has 0 aliphatic carbocycles. The van der Waals surface area contributed by atoms with E-state index in [1.807, 2.05) is 18.2 Å². The highest BCUT2D eigenvalue weighted by Crippen LogP contribution is 2.17. The summed E-state index contributed by atoms with van der Waals surface area (Å²) in [6.45, 7) is 0. The first-order valence-electron chi connectivity index (χ1n) is 2.76. The lowest BCUT2D eigenvalue weighted by molar-refractivity contribution is 1.31. The van der Waals surface area contributed by atoms with Gasteiger partial charge in [0.25, 0.3) is 5.82 Å². The lowest BCUT2D eigenvalue weighted by Crippen LogP contribution is -1.85. The normalized spacial score (nSPS) is 12.0. The summed E-state index contributed by atoms with van der Waals surface area (Å²) in [7, 11) is 0. The molecule has 0 bridgehead atoms. The third kappa shape index (κ3) is 0.574. The van der Waals surface area contributed by atoms with E-state index in [1.54, 1.807) is 6.20 Å². The maximum absolute atomic E-state index is 4.05. The molecule has 0 saturated heterocycles. The molecule has 1 aromatic heterocycles. The molecule has 0 spiro atoms. The smallest absolute Gasteiger partial charge is 0.181 e. The highest BCUT2D eigenvalue weighted by atomic mass is 15.0. The minimum atomic E-state index is 0.900. The van der Waals surface area contributed by atoms with Crippen molar-refractivity contribution < 1.29 is 0 Å². The van der Waals surface area contributed by atoms with Crippen molar-refractivity contribution in [3.63, 3.8) is 0 Å². The molecule has 1 aromatic rings. The van der Waals surface area contributed by atoms with Gasteiger partial charge in [-0.3, -0.25) is 0 Å². The van der Waals surface area contributed by atoms with Gasteiger partial charge < -0.3 is 0 Å². The summed E-state index contributed by atoms with van der Waals surface area (Å²) in [6, 6.07) is 3.90. The Morgan fingerprint density at radius 1 is 1.56 bits per heavy atom. The van der Waals surface area contributed by atoms with Crippen LogP contribution in [0.3, 0.4) is 0 Å². The number of hydrogen-bond acceptors (Lipinski definition) is 2. The van der Waals surface area contributed by atoms with Crippen LogP contribution in [0.2, 0.25) is 0 Å². The highest BCUT2D eigenvalue weighted by molar-refractivity contribution is 5.68. The molecule has 0 aromatic carbocycles. The lowest BCUT2D eigenvalue weighted by Gasteiger charge is -1.81. The Labute approximate surface area is 53.2 Å². The van der Waals surface area contributed by atoms with Crippen LogP contribution >= 0.6 is 0 Å². The first-order valence-corrected chi connectivity index (χ1v) is 2.76. The van der Waals surface area contributed by atoms with Gasteiger partial charge in [-0.05, 0) is 6.07 Å². The van der Waals surface area contributed by atoms with Crippen LogP contribution in [0.15, 0.2) is 18.3 Å². The van der Waals surface area contributed by atoms with Crippen LogP contribution in [0.1, 0.15) is 5.56 Å². The van der Waals surface area contributed by atoms with Crippen LogP contribution in [0, 0.1) is 6.20 Å². The van der Waals surface area contributed by atoms with Crippen LogP contribution in [-0.2, 0) is 0 Å². The number of nitrogens with zero attached hydrogens (tertiary/aromatic N) is 1. The number of nitrogens with one attached hydrogen (secondary N) is 1. The second kappa shape index (κ2) is 1.54. The van der Waals surface area contributed by atoms with E-state index >= 15 is 0 Å². The number of anilines is 1. The van der Waals surface area contributed by atoms with E-state index < -0.39 is 0 Å². The zero-order chi connectivity index (χ0) is 6.10. The summed E-state index contributed by atoms with van der Waals surface area (Å²) in [6.07, 6.45) is 6.48. The molecule has 0 fully saturated rings. The molecule has 0 radical (unpaired) electrons. The van der Waals surface area contributed by atoms with Gasteiger partial charge in [0.1, 0.15) is 12.3 Å². The zero-order valence-corrected chi connectivity index (χ0v) is 4.76. The van der Waals surface area contributed by atoms with E-state index in [4.69, 9.17) is 0 Å². The van der Waals surface area contributed by atoms with Crippen molar-refractivity contribution in [3.05, 3.63) is 30.1 Å². The summed E-state index contributed by atoms with van der Waals surface area (Å²) in [5.41, 5.74) is 1.11. The molecule has 42 valence electrons. The summed E-state index contributed by atoms with van der Waals surface area (Å²) in [5.74, 6) is 0.900. The van der Waals surface area contributed by atoms with Crippen LogP contribution in [-0.4, -0.2) is 4.98 Å². The number of fused-ring (bicyclic) bond motifs is 1. The van der Waals surface area contributed by atoms with Gasteiger partial charge in [-0.15, -0.1) is 0 Å². The second-order valence-electron chi connectivity index (χ2n) is 1.85. The Kier molecular flexibility index (Phi) is 0.765.